The molecule has 1 saturated carbocycles. The number of fused-ring (bicyclic) bond motifs is 1. The minimum absolute atomic E-state index is 0.375. The van der Waals surface area contributed by atoms with Gasteiger partial charge in [-0.1, -0.05) is 12.1 Å². The van der Waals surface area contributed by atoms with E-state index >= 15 is 0 Å². The number of primary amides is 1. The highest BCUT2D eigenvalue weighted by Crippen LogP contribution is 2.37. The molecule has 1 aromatic heterocycles. The molecule has 1 aliphatic heterocycles. The molecule has 2 heterocycles. The molecular weight excluding hydrogens is 276 g/mol. The number of amides is 1. The molecule has 2 aliphatic rings. The van der Waals surface area contributed by atoms with Crippen LogP contribution < -0.4 is 5.73 Å². The third kappa shape index (κ3) is 2.52. The summed E-state index contributed by atoms with van der Waals surface area (Å²) in [6.07, 6.45) is 5.70. The highest BCUT2D eigenvalue weighted by atomic mass is 16.1. The van der Waals surface area contributed by atoms with Crippen LogP contribution in [0.3, 0.4) is 0 Å². The average molecular weight is 296 g/mol. The summed E-state index contributed by atoms with van der Waals surface area (Å²) in [7, 11) is 0. The Morgan fingerprint density at radius 1 is 1.27 bits per heavy atom. The van der Waals surface area contributed by atoms with Gasteiger partial charge in [0.1, 0.15) is 0 Å². The minimum Gasteiger partial charge on any atom is -0.366 e. The predicted molar refractivity (Wildman–Crippen MR) is 83.3 cm³/mol. The van der Waals surface area contributed by atoms with Gasteiger partial charge in [-0.05, 0) is 30.5 Å². The zero-order valence-corrected chi connectivity index (χ0v) is 12.5. The van der Waals surface area contributed by atoms with Crippen molar-refractivity contribution in [2.24, 2.45) is 5.73 Å². The molecular formula is C17H20N4O. The van der Waals surface area contributed by atoms with Gasteiger partial charge in [-0.3, -0.25) is 9.69 Å². The van der Waals surface area contributed by atoms with E-state index in [-0.39, 0.29) is 5.91 Å². The van der Waals surface area contributed by atoms with Crippen LogP contribution in [0.1, 0.15) is 46.2 Å². The standard InChI is InChI=1S/C17H20N4O/c18-17(22)13-3-1-12(2-4-13)9-20-8-7-16-15(10-20)19-11-21(16)14-5-6-14/h1-4,11,14H,5-10H2,(H2,18,22). The summed E-state index contributed by atoms with van der Waals surface area (Å²) in [6, 6.07) is 8.28. The van der Waals surface area contributed by atoms with Crippen molar-refractivity contribution in [1.29, 1.82) is 0 Å². The van der Waals surface area contributed by atoms with E-state index in [2.05, 4.69) is 14.5 Å². The highest BCUT2D eigenvalue weighted by Gasteiger charge is 2.29. The van der Waals surface area contributed by atoms with E-state index < -0.39 is 0 Å². The largest absolute Gasteiger partial charge is 0.366 e. The molecule has 0 atom stereocenters. The quantitative estimate of drug-likeness (QED) is 0.937. The Bertz CT molecular complexity index is 700. The first-order valence-electron chi connectivity index (χ1n) is 7.86. The summed E-state index contributed by atoms with van der Waals surface area (Å²) in [5, 5.41) is 0. The SMILES string of the molecule is NC(=O)c1ccc(CN2CCc3c(ncn3C3CC3)C2)cc1. The van der Waals surface area contributed by atoms with Crippen LogP contribution in [0.15, 0.2) is 30.6 Å². The van der Waals surface area contributed by atoms with E-state index in [9.17, 15) is 4.79 Å². The number of carbonyl (C=O) groups excluding carboxylic acids is 1. The molecule has 5 nitrogen and oxygen atoms in total. The van der Waals surface area contributed by atoms with Crippen LogP contribution in [0.2, 0.25) is 0 Å². The minimum atomic E-state index is -0.375. The highest BCUT2D eigenvalue weighted by molar-refractivity contribution is 5.92. The molecule has 114 valence electrons. The zero-order chi connectivity index (χ0) is 15.1. The van der Waals surface area contributed by atoms with Crippen molar-refractivity contribution in [3.63, 3.8) is 0 Å². The first kappa shape index (κ1) is 13.5. The Morgan fingerprint density at radius 2 is 2.05 bits per heavy atom. The summed E-state index contributed by atoms with van der Waals surface area (Å²) >= 11 is 0. The molecule has 1 aromatic carbocycles. The van der Waals surface area contributed by atoms with Gasteiger partial charge in [0, 0.05) is 43.4 Å². The van der Waals surface area contributed by atoms with Crippen LogP contribution in [-0.4, -0.2) is 26.9 Å². The molecule has 0 saturated heterocycles. The van der Waals surface area contributed by atoms with Crippen molar-refractivity contribution >= 4 is 5.91 Å². The van der Waals surface area contributed by atoms with Crippen LogP contribution in [0.25, 0.3) is 0 Å². The van der Waals surface area contributed by atoms with Gasteiger partial charge in [-0.25, -0.2) is 4.98 Å². The second-order valence-electron chi connectivity index (χ2n) is 6.30. The number of hydrogen-bond donors (Lipinski definition) is 1. The van der Waals surface area contributed by atoms with E-state index in [0.29, 0.717) is 11.6 Å². The number of benzene rings is 1. The lowest BCUT2D eigenvalue weighted by Crippen LogP contribution is -2.31. The summed E-state index contributed by atoms with van der Waals surface area (Å²) in [5.74, 6) is -0.375. The lowest BCUT2D eigenvalue weighted by molar-refractivity contribution is 0.100. The van der Waals surface area contributed by atoms with Crippen molar-refractivity contribution < 1.29 is 4.79 Å². The number of nitrogens with two attached hydrogens (primary N) is 1. The average Bonchev–Trinajstić information content (AvgIpc) is 3.28. The number of nitrogens with zero attached hydrogens (tertiary/aromatic N) is 3. The third-order valence-corrected chi connectivity index (χ3v) is 4.61. The lowest BCUT2D eigenvalue weighted by Gasteiger charge is -2.27. The van der Waals surface area contributed by atoms with Gasteiger partial charge in [0.15, 0.2) is 0 Å². The Balaban J connectivity index is 1.45. The lowest BCUT2D eigenvalue weighted by atomic mass is 10.1. The fourth-order valence-electron chi connectivity index (χ4n) is 3.22. The van der Waals surface area contributed by atoms with E-state index in [4.69, 9.17) is 5.73 Å². The molecule has 1 fully saturated rings. The van der Waals surface area contributed by atoms with Crippen LogP contribution in [0, 0.1) is 0 Å². The second kappa shape index (κ2) is 5.25. The van der Waals surface area contributed by atoms with Crippen molar-refractivity contribution in [1.82, 2.24) is 14.5 Å². The molecule has 2 N–H and O–H groups in total. The third-order valence-electron chi connectivity index (χ3n) is 4.61. The number of carbonyl (C=O) groups is 1. The van der Waals surface area contributed by atoms with Crippen LogP contribution in [-0.2, 0) is 19.5 Å². The first-order chi connectivity index (χ1) is 10.7. The van der Waals surface area contributed by atoms with Gasteiger partial charge in [-0.15, -0.1) is 0 Å². The van der Waals surface area contributed by atoms with E-state index in [1.165, 1.54) is 29.8 Å². The number of rotatable bonds is 4. The summed E-state index contributed by atoms with van der Waals surface area (Å²) < 4.78 is 2.38. The maximum atomic E-state index is 11.1. The van der Waals surface area contributed by atoms with Crippen LogP contribution in [0.5, 0.6) is 0 Å². The summed E-state index contributed by atoms with van der Waals surface area (Å²) in [6.45, 7) is 2.85. The van der Waals surface area contributed by atoms with Gasteiger partial charge >= 0.3 is 0 Å². The summed E-state index contributed by atoms with van der Waals surface area (Å²) in [5.41, 5.74) is 9.70. The van der Waals surface area contributed by atoms with Crippen molar-refractivity contribution in [2.45, 2.75) is 38.4 Å². The van der Waals surface area contributed by atoms with Gasteiger partial charge < -0.3 is 10.3 Å². The molecule has 2 aromatic rings. The molecule has 1 amide bonds. The van der Waals surface area contributed by atoms with Gasteiger partial charge in [0.05, 0.1) is 12.0 Å². The Morgan fingerprint density at radius 3 is 2.73 bits per heavy atom. The zero-order valence-electron chi connectivity index (χ0n) is 12.5. The van der Waals surface area contributed by atoms with E-state index in [1.807, 2.05) is 18.5 Å². The Labute approximate surface area is 129 Å². The van der Waals surface area contributed by atoms with Crippen molar-refractivity contribution in [3.05, 3.63) is 53.1 Å². The predicted octanol–water partition coefficient (Wildman–Crippen LogP) is 1.88. The maximum absolute atomic E-state index is 11.1. The smallest absolute Gasteiger partial charge is 0.248 e. The normalized spacial score (nSPS) is 18.2. The van der Waals surface area contributed by atoms with Crippen molar-refractivity contribution in [3.8, 4) is 0 Å². The summed E-state index contributed by atoms with van der Waals surface area (Å²) in [4.78, 5) is 18.1. The van der Waals surface area contributed by atoms with Gasteiger partial charge in [0.25, 0.3) is 0 Å². The number of imidazole rings is 1. The second-order valence-corrected chi connectivity index (χ2v) is 6.30. The molecule has 1 aliphatic carbocycles. The van der Waals surface area contributed by atoms with Crippen molar-refractivity contribution in [2.75, 3.05) is 6.54 Å². The molecule has 0 bridgehead atoms. The fourth-order valence-corrected chi connectivity index (χ4v) is 3.22. The molecule has 5 heteroatoms. The van der Waals surface area contributed by atoms with E-state index in [1.54, 1.807) is 12.1 Å². The topological polar surface area (TPSA) is 64.2 Å². The van der Waals surface area contributed by atoms with Crippen LogP contribution in [0.4, 0.5) is 0 Å². The molecule has 4 rings (SSSR count). The molecule has 0 unspecified atom stereocenters. The number of hydrogen-bond acceptors (Lipinski definition) is 3. The number of aromatic nitrogens is 2. The molecule has 0 radical (unpaired) electrons. The molecule has 22 heavy (non-hydrogen) atoms. The van der Waals surface area contributed by atoms with Crippen LogP contribution >= 0.6 is 0 Å². The maximum Gasteiger partial charge on any atom is 0.248 e. The van der Waals surface area contributed by atoms with Gasteiger partial charge in [-0.2, -0.15) is 0 Å². The van der Waals surface area contributed by atoms with Gasteiger partial charge in [0.2, 0.25) is 5.91 Å². The molecule has 0 spiro atoms. The first-order valence-corrected chi connectivity index (χ1v) is 7.86. The Kier molecular flexibility index (Phi) is 3.22. The monoisotopic (exact) mass is 296 g/mol. The van der Waals surface area contributed by atoms with E-state index in [0.717, 1.165) is 26.1 Å². The Hall–Kier alpha value is -2.14. The fraction of sp³-hybridized carbons (Fsp3) is 0.412.